The number of hydrogen-bond acceptors (Lipinski definition) is 4. The minimum atomic E-state index is 0.844. The van der Waals surface area contributed by atoms with Crippen LogP contribution in [0.2, 0.25) is 0 Å². The quantitative estimate of drug-likeness (QED) is 0.902. The van der Waals surface area contributed by atoms with E-state index in [1.165, 1.54) is 55.8 Å². The molecule has 2 heterocycles. The number of rotatable bonds is 5. The van der Waals surface area contributed by atoms with Crippen LogP contribution in [-0.2, 0) is 13.1 Å². The van der Waals surface area contributed by atoms with Gasteiger partial charge in [-0.05, 0) is 44.7 Å². The lowest BCUT2D eigenvalue weighted by Crippen LogP contribution is -2.46. The van der Waals surface area contributed by atoms with Gasteiger partial charge in [-0.1, -0.05) is 19.8 Å². The van der Waals surface area contributed by atoms with E-state index in [-0.39, 0.29) is 0 Å². The molecule has 1 aromatic heterocycles. The third-order valence-corrected chi connectivity index (χ3v) is 5.75. The number of hydrogen-bond donors (Lipinski definition) is 1. The summed E-state index contributed by atoms with van der Waals surface area (Å²) in [6, 6.07) is 0.844. The smallest absolute Gasteiger partial charge is 0.107 e. The second kappa shape index (κ2) is 7.01. The largest absolute Gasteiger partial charge is 0.311 e. The number of piperidine rings is 1. The van der Waals surface area contributed by atoms with Crippen LogP contribution in [-0.4, -0.2) is 29.0 Å². The SMILES string of the molecule is CCNCc1nc(CN2CCC[C@H]3CCCC[C@H]32)cs1. The van der Waals surface area contributed by atoms with Gasteiger partial charge in [0.05, 0.1) is 5.69 Å². The van der Waals surface area contributed by atoms with Crippen LogP contribution in [0.3, 0.4) is 0 Å². The molecule has 0 unspecified atom stereocenters. The first kappa shape index (κ1) is 14.5. The molecular formula is C16H27N3S. The van der Waals surface area contributed by atoms with Crippen LogP contribution in [0, 0.1) is 5.92 Å². The highest BCUT2D eigenvalue weighted by Crippen LogP contribution is 2.35. The first-order valence-electron chi connectivity index (χ1n) is 8.25. The Morgan fingerprint density at radius 2 is 2.15 bits per heavy atom. The van der Waals surface area contributed by atoms with Crippen molar-refractivity contribution in [2.75, 3.05) is 13.1 Å². The highest BCUT2D eigenvalue weighted by atomic mass is 32.1. The van der Waals surface area contributed by atoms with E-state index in [1.54, 1.807) is 0 Å². The predicted molar refractivity (Wildman–Crippen MR) is 84.9 cm³/mol. The summed E-state index contributed by atoms with van der Waals surface area (Å²) < 4.78 is 0. The second-order valence-corrected chi connectivity index (χ2v) is 7.18. The summed E-state index contributed by atoms with van der Waals surface area (Å²) in [5, 5.41) is 6.86. The number of nitrogens with one attached hydrogen (secondary N) is 1. The molecule has 0 radical (unpaired) electrons. The Balaban J connectivity index is 1.59. The molecular weight excluding hydrogens is 266 g/mol. The molecule has 3 nitrogen and oxygen atoms in total. The molecule has 2 atom stereocenters. The van der Waals surface area contributed by atoms with Gasteiger partial charge in [-0.25, -0.2) is 4.98 Å². The Bertz CT molecular complexity index is 416. The molecule has 20 heavy (non-hydrogen) atoms. The summed E-state index contributed by atoms with van der Waals surface area (Å²) in [4.78, 5) is 7.52. The van der Waals surface area contributed by atoms with Crippen molar-refractivity contribution >= 4 is 11.3 Å². The minimum Gasteiger partial charge on any atom is -0.311 e. The second-order valence-electron chi connectivity index (χ2n) is 6.24. The summed E-state index contributed by atoms with van der Waals surface area (Å²) in [5.74, 6) is 0.970. The van der Waals surface area contributed by atoms with Crippen LogP contribution >= 0.6 is 11.3 Å². The van der Waals surface area contributed by atoms with Crippen LogP contribution < -0.4 is 5.32 Å². The van der Waals surface area contributed by atoms with E-state index < -0.39 is 0 Å². The number of fused-ring (bicyclic) bond motifs is 1. The lowest BCUT2D eigenvalue weighted by Gasteiger charge is -2.44. The minimum absolute atomic E-state index is 0.844. The zero-order chi connectivity index (χ0) is 13.8. The molecule has 1 aromatic rings. The van der Waals surface area contributed by atoms with E-state index in [9.17, 15) is 0 Å². The van der Waals surface area contributed by atoms with Crippen molar-refractivity contribution in [2.45, 2.75) is 64.6 Å². The maximum Gasteiger partial charge on any atom is 0.107 e. The van der Waals surface area contributed by atoms with Crippen molar-refractivity contribution in [1.29, 1.82) is 0 Å². The van der Waals surface area contributed by atoms with Gasteiger partial charge in [-0.3, -0.25) is 4.90 Å². The first-order valence-corrected chi connectivity index (χ1v) is 9.13. The average Bonchev–Trinajstić information content (AvgIpc) is 2.93. The van der Waals surface area contributed by atoms with Crippen molar-refractivity contribution in [3.8, 4) is 0 Å². The van der Waals surface area contributed by atoms with E-state index >= 15 is 0 Å². The Labute approximate surface area is 126 Å². The van der Waals surface area contributed by atoms with Crippen molar-refractivity contribution in [1.82, 2.24) is 15.2 Å². The van der Waals surface area contributed by atoms with Gasteiger partial charge in [0.15, 0.2) is 0 Å². The lowest BCUT2D eigenvalue weighted by molar-refractivity contribution is 0.0538. The van der Waals surface area contributed by atoms with Crippen molar-refractivity contribution in [2.24, 2.45) is 5.92 Å². The summed E-state index contributed by atoms with van der Waals surface area (Å²) in [5.41, 5.74) is 1.29. The van der Waals surface area contributed by atoms with Crippen molar-refractivity contribution in [3.05, 3.63) is 16.1 Å². The van der Waals surface area contributed by atoms with Gasteiger partial charge in [0.1, 0.15) is 5.01 Å². The highest BCUT2D eigenvalue weighted by Gasteiger charge is 2.33. The average molecular weight is 293 g/mol. The molecule has 2 aliphatic rings. The van der Waals surface area contributed by atoms with Gasteiger partial charge in [0, 0.05) is 24.5 Å². The topological polar surface area (TPSA) is 28.2 Å². The summed E-state index contributed by atoms with van der Waals surface area (Å²) in [6.45, 7) is 6.44. The number of thiazole rings is 1. The Morgan fingerprint density at radius 1 is 1.30 bits per heavy atom. The first-order chi connectivity index (χ1) is 9.86. The monoisotopic (exact) mass is 293 g/mol. The van der Waals surface area contributed by atoms with E-state index in [0.717, 1.165) is 31.6 Å². The summed E-state index contributed by atoms with van der Waals surface area (Å²) >= 11 is 1.81. The Hall–Kier alpha value is -0.450. The summed E-state index contributed by atoms with van der Waals surface area (Å²) in [7, 11) is 0. The predicted octanol–water partition coefficient (Wildman–Crippen LogP) is 3.41. The van der Waals surface area contributed by atoms with Crippen LogP contribution in [0.5, 0.6) is 0 Å². The lowest BCUT2D eigenvalue weighted by atomic mass is 9.78. The highest BCUT2D eigenvalue weighted by molar-refractivity contribution is 7.09. The standard InChI is InChI=1S/C16H27N3S/c1-2-17-10-16-18-14(12-20-16)11-19-9-5-7-13-6-3-4-8-15(13)19/h12-13,15,17H,2-11H2,1H3/t13-,15-/m1/s1. The maximum absolute atomic E-state index is 4.79. The molecule has 4 heteroatoms. The molecule has 1 N–H and O–H groups in total. The maximum atomic E-state index is 4.79. The van der Waals surface area contributed by atoms with Gasteiger partial charge >= 0.3 is 0 Å². The fourth-order valence-electron chi connectivity index (χ4n) is 3.87. The number of aromatic nitrogens is 1. The molecule has 0 aromatic carbocycles. The molecule has 0 amide bonds. The third-order valence-electron chi connectivity index (χ3n) is 4.85. The van der Waals surface area contributed by atoms with Gasteiger partial charge in [-0.2, -0.15) is 0 Å². The Kier molecular flexibility index (Phi) is 5.08. The number of likely N-dealkylation sites (tertiary alicyclic amines) is 1. The molecule has 1 saturated heterocycles. The normalized spacial score (nSPS) is 27.4. The zero-order valence-corrected chi connectivity index (χ0v) is 13.4. The molecule has 2 fully saturated rings. The third kappa shape index (κ3) is 3.41. The van der Waals surface area contributed by atoms with E-state index in [1.807, 2.05) is 11.3 Å². The molecule has 1 aliphatic carbocycles. The van der Waals surface area contributed by atoms with Gasteiger partial charge in [0.2, 0.25) is 0 Å². The fraction of sp³-hybridized carbons (Fsp3) is 0.812. The van der Waals surface area contributed by atoms with Crippen LogP contribution in [0.1, 0.15) is 56.2 Å². The molecule has 0 bridgehead atoms. The van der Waals surface area contributed by atoms with E-state index in [2.05, 4.69) is 22.5 Å². The molecule has 112 valence electrons. The van der Waals surface area contributed by atoms with Crippen LogP contribution in [0.25, 0.3) is 0 Å². The molecule has 3 rings (SSSR count). The molecule has 0 spiro atoms. The molecule has 1 saturated carbocycles. The van der Waals surface area contributed by atoms with Gasteiger partial charge in [0.25, 0.3) is 0 Å². The summed E-state index contributed by atoms with van der Waals surface area (Å²) in [6.07, 6.45) is 8.61. The van der Waals surface area contributed by atoms with Crippen molar-refractivity contribution < 1.29 is 0 Å². The zero-order valence-electron chi connectivity index (χ0n) is 12.6. The Morgan fingerprint density at radius 3 is 3.05 bits per heavy atom. The van der Waals surface area contributed by atoms with Crippen LogP contribution in [0.15, 0.2) is 5.38 Å². The van der Waals surface area contributed by atoms with E-state index in [0.29, 0.717) is 0 Å². The van der Waals surface area contributed by atoms with Crippen molar-refractivity contribution in [3.63, 3.8) is 0 Å². The van der Waals surface area contributed by atoms with E-state index in [4.69, 9.17) is 4.98 Å². The number of nitrogens with zero attached hydrogens (tertiary/aromatic N) is 2. The van der Waals surface area contributed by atoms with Crippen LogP contribution in [0.4, 0.5) is 0 Å². The van der Waals surface area contributed by atoms with Gasteiger partial charge in [-0.15, -0.1) is 11.3 Å². The fourth-order valence-corrected chi connectivity index (χ4v) is 4.62. The molecule has 1 aliphatic heterocycles. The van der Waals surface area contributed by atoms with Gasteiger partial charge < -0.3 is 5.32 Å².